The van der Waals surface area contributed by atoms with Crippen LogP contribution >= 0.6 is 0 Å². The lowest BCUT2D eigenvalue weighted by Crippen LogP contribution is -2.33. The molecule has 1 atom stereocenters. The zero-order chi connectivity index (χ0) is 38.2. The van der Waals surface area contributed by atoms with Crippen LogP contribution in [0.15, 0.2) is 94.7 Å². The lowest BCUT2D eigenvalue weighted by atomic mass is 10.0. The van der Waals surface area contributed by atoms with E-state index >= 15 is 0 Å². The van der Waals surface area contributed by atoms with Gasteiger partial charge in [0.2, 0.25) is 0 Å². The van der Waals surface area contributed by atoms with E-state index < -0.39 is 41.0 Å². The Hall–Kier alpha value is -6.14. The molecule has 8 N–H and O–H groups in total. The Morgan fingerprint density at radius 1 is 0.755 bits per heavy atom. The molecular formula is C35H36F4N10O4. The van der Waals surface area contributed by atoms with Crippen LogP contribution in [-0.2, 0) is 25.5 Å². The summed E-state index contributed by atoms with van der Waals surface area (Å²) in [4.78, 5) is 31.9. The first-order valence-electron chi connectivity index (χ1n) is 16.1. The van der Waals surface area contributed by atoms with Crippen molar-refractivity contribution in [2.24, 2.45) is 44.8 Å². The number of benzene rings is 2. The average Bonchev–Trinajstić information content (AvgIpc) is 3.68. The molecule has 0 saturated carbocycles. The van der Waals surface area contributed by atoms with E-state index in [1.807, 2.05) is 0 Å². The van der Waals surface area contributed by atoms with E-state index in [2.05, 4.69) is 20.2 Å². The molecule has 2 aromatic carbocycles. The molecule has 0 aliphatic carbocycles. The van der Waals surface area contributed by atoms with E-state index in [1.54, 1.807) is 6.92 Å². The zero-order valence-electron chi connectivity index (χ0n) is 28.3. The van der Waals surface area contributed by atoms with Crippen molar-refractivity contribution in [3.63, 3.8) is 0 Å². The van der Waals surface area contributed by atoms with Crippen molar-refractivity contribution in [2.75, 3.05) is 26.4 Å². The quantitative estimate of drug-likeness (QED) is 0.106. The first-order valence-corrected chi connectivity index (χ1v) is 16.1. The smallest absolute Gasteiger partial charge is 0.254 e. The Balaban J connectivity index is 0.000000204. The molecule has 4 aromatic rings. The van der Waals surface area contributed by atoms with Gasteiger partial charge < -0.3 is 32.4 Å². The van der Waals surface area contributed by atoms with Crippen LogP contribution in [0.2, 0.25) is 0 Å². The SMILES string of the molecule is CC(C(=O)N=C(N)/C=C(\N)C1COC1)c1cnn(-c2cc(F)cc(F)c2)c1.NC(/C=C(\N)C1COC1)=NC(=O)Cc1cnn(-c2cc(F)cc(F)c2)c1. The standard InChI is InChI=1S/C18H19F2N5O2.C17H17F2N5O2/c1-10(18(26)24-17(22)5-16(21)12-8-27-9-12)11-6-23-25(7-11)15-3-13(19)2-14(20)4-15;18-12-2-13(19)4-14(3-12)24-7-10(6-22-24)1-17(25)23-16(21)5-15(20)11-8-26-9-11/h2-7,10,12H,8-9,21H2,1H3,(H2,22,24,26);2-7,11H,1,8-9,20H2,(H2,21,23,25)/b16-5-;15-5-. The zero-order valence-corrected chi connectivity index (χ0v) is 28.3. The summed E-state index contributed by atoms with van der Waals surface area (Å²) in [6, 6.07) is 6.09. The van der Waals surface area contributed by atoms with Gasteiger partial charge in [0.1, 0.15) is 34.9 Å². The molecule has 53 heavy (non-hydrogen) atoms. The highest BCUT2D eigenvalue weighted by Gasteiger charge is 2.23. The first-order chi connectivity index (χ1) is 25.2. The van der Waals surface area contributed by atoms with Crippen molar-refractivity contribution in [1.82, 2.24) is 19.6 Å². The van der Waals surface area contributed by atoms with Crippen molar-refractivity contribution in [3.8, 4) is 11.4 Å². The van der Waals surface area contributed by atoms with Crippen molar-refractivity contribution < 1.29 is 36.6 Å². The maximum Gasteiger partial charge on any atom is 0.254 e. The number of halogens is 4. The van der Waals surface area contributed by atoms with Crippen molar-refractivity contribution in [3.05, 3.63) is 119 Å². The van der Waals surface area contributed by atoms with Gasteiger partial charge in [-0.25, -0.2) is 26.9 Å². The number of aromatic nitrogens is 4. The predicted molar refractivity (Wildman–Crippen MR) is 185 cm³/mol. The molecule has 2 aromatic heterocycles. The molecule has 1 unspecified atom stereocenters. The van der Waals surface area contributed by atoms with Crippen molar-refractivity contribution in [2.45, 2.75) is 19.3 Å². The van der Waals surface area contributed by atoms with Gasteiger partial charge in [-0.05, 0) is 48.9 Å². The fourth-order valence-corrected chi connectivity index (χ4v) is 4.86. The third kappa shape index (κ3) is 10.5. The van der Waals surface area contributed by atoms with Gasteiger partial charge in [-0.1, -0.05) is 0 Å². The van der Waals surface area contributed by atoms with Gasteiger partial charge in [-0.15, -0.1) is 0 Å². The van der Waals surface area contributed by atoms with Gasteiger partial charge in [-0.3, -0.25) is 9.59 Å². The minimum absolute atomic E-state index is 0.0100. The molecule has 18 heteroatoms. The van der Waals surface area contributed by atoms with Gasteiger partial charge in [0.25, 0.3) is 11.8 Å². The monoisotopic (exact) mass is 736 g/mol. The van der Waals surface area contributed by atoms with E-state index in [0.29, 0.717) is 48.9 Å². The van der Waals surface area contributed by atoms with Gasteiger partial charge in [0.15, 0.2) is 0 Å². The predicted octanol–water partition coefficient (Wildman–Crippen LogP) is 2.69. The number of aliphatic imine (C=N–C) groups is 2. The highest BCUT2D eigenvalue weighted by Crippen LogP contribution is 2.21. The number of ether oxygens (including phenoxy) is 2. The summed E-state index contributed by atoms with van der Waals surface area (Å²) in [7, 11) is 0. The second-order valence-electron chi connectivity index (χ2n) is 12.2. The summed E-state index contributed by atoms with van der Waals surface area (Å²) in [5.41, 5.74) is 25.7. The molecular weight excluding hydrogens is 700 g/mol. The number of nitrogens with two attached hydrogens (primary N) is 4. The Kier molecular flexibility index (Phi) is 12.2. The van der Waals surface area contributed by atoms with Crippen molar-refractivity contribution >= 4 is 23.5 Å². The van der Waals surface area contributed by atoms with Crippen LogP contribution in [0.1, 0.15) is 24.0 Å². The lowest BCUT2D eigenvalue weighted by Gasteiger charge is -2.26. The van der Waals surface area contributed by atoms with E-state index in [0.717, 1.165) is 36.4 Å². The fraction of sp³-hybridized carbons (Fsp3) is 0.257. The van der Waals surface area contributed by atoms with Crippen molar-refractivity contribution in [1.29, 1.82) is 0 Å². The Morgan fingerprint density at radius 2 is 1.21 bits per heavy atom. The molecule has 0 bridgehead atoms. The summed E-state index contributed by atoms with van der Waals surface area (Å²) >= 11 is 0. The van der Waals surface area contributed by atoms with Gasteiger partial charge in [-0.2, -0.15) is 20.2 Å². The molecule has 0 spiro atoms. The van der Waals surface area contributed by atoms with Crippen LogP contribution < -0.4 is 22.9 Å². The van der Waals surface area contributed by atoms with Crippen LogP contribution in [0.5, 0.6) is 0 Å². The highest BCUT2D eigenvalue weighted by atomic mass is 19.1. The summed E-state index contributed by atoms with van der Waals surface area (Å²) in [6.45, 7) is 3.76. The van der Waals surface area contributed by atoms with Crippen LogP contribution in [0.25, 0.3) is 11.4 Å². The first kappa shape index (κ1) is 38.1. The third-order valence-corrected chi connectivity index (χ3v) is 8.03. The highest BCUT2D eigenvalue weighted by molar-refractivity contribution is 6.02. The van der Waals surface area contributed by atoms with E-state index in [4.69, 9.17) is 32.4 Å². The Labute approximate surface area is 300 Å². The Morgan fingerprint density at radius 3 is 1.68 bits per heavy atom. The average molecular weight is 737 g/mol. The summed E-state index contributed by atoms with van der Waals surface area (Å²) in [6.07, 6.45) is 8.71. The summed E-state index contributed by atoms with van der Waals surface area (Å²) < 4.78 is 65.9. The van der Waals surface area contributed by atoms with Crippen LogP contribution in [0, 0.1) is 35.1 Å². The number of amidine groups is 2. The number of rotatable bonds is 10. The number of carbonyl (C=O) groups excluding carboxylic acids is 2. The molecule has 14 nitrogen and oxygen atoms in total. The third-order valence-electron chi connectivity index (χ3n) is 8.03. The van der Waals surface area contributed by atoms with Crippen LogP contribution in [0.3, 0.4) is 0 Å². The minimum Gasteiger partial charge on any atom is -0.402 e. The molecule has 4 heterocycles. The molecule has 6 rings (SSSR count). The Bertz CT molecular complexity index is 2060. The second-order valence-corrected chi connectivity index (χ2v) is 12.2. The molecule has 2 aliphatic rings. The van der Waals surface area contributed by atoms with E-state index in [-0.39, 0.29) is 41.3 Å². The molecule has 2 amide bonds. The second kappa shape index (κ2) is 16.9. The topological polar surface area (TPSA) is 217 Å². The van der Waals surface area contributed by atoms with Gasteiger partial charge in [0.05, 0.1) is 62.5 Å². The number of carbonyl (C=O) groups is 2. The van der Waals surface area contributed by atoms with Crippen LogP contribution in [-0.4, -0.2) is 69.5 Å². The molecule has 278 valence electrons. The van der Waals surface area contributed by atoms with E-state index in [1.165, 1.54) is 46.3 Å². The minimum atomic E-state index is -0.718. The largest absolute Gasteiger partial charge is 0.402 e. The number of hydrogen-bond acceptors (Lipinski definition) is 8. The van der Waals surface area contributed by atoms with E-state index in [9.17, 15) is 27.2 Å². The number of nitrogens with zero attached hydrogens (tertiary/aromatic N) is 6. The molecule has 0 radical (unpaired) electrons. The molecule has 2 saturated heterocycles. The number of amides is 2. The van der Waals surface area contributed by atoms with Crippen LogP contribution in [0.4, 0.5) is 17.6 Å². The lowest BCUT2D eigenvalue weighted by molar-refractivity contribution is -0.119. The summed E-state index contributed by atoms with van der Waals surface area (Å²) in [5.74, 6) is -4.26. The fourth-order valence-electron chi connectivity index (χ4n) is 4.86. The maximum absolute atomic E-state index is 13.4. The molecule has 2 aliphatic heterocycles. The normalized spacial score (nSPS) is 16.3. The maximum atomic E-state index is 13.4. The van der Waals surface area contributed by atoms with Gasteiger partial charge in [0, 0.05) is 53.3 Å². The molecule has 2 fully saturated rings. The number of hydrogen-bond donors (Lipinski definition) is 4. The summed E-state index contributed by atoms with van der Waals surface area (Å²) in [5, 5.41) is 8.04. The van der Waals surface area contributed by atoms with Gasteiger partial charge >= 0.3 is 0 Å².